The second-order valence-electron chi connectivity index (χ2n) is 5.95. The van der Waals surface area contributed by atoms with E-state index in [0.29, 0.717) is 12.0 Å². The van der Waals surface area contributed by atoms with Gasteiger partial charge < -0.3 is 31.6 Å². The van der Waals surface area contributed by atoms with E-state index < -0.39 is 18.1 Å². The Balaban J connectivity index is 0.000000541. The molecular weight excluding hydrogens is 408 g/mol. The molecule has 1 rings (SSSR count). The Morgan fingerprint density at radius 3 is 2.04 bits per heavy atom. The number of epoxide rings is 1. The molecule has 0 aromatic carbocycles. The van der Waals surface area contributed by atoms with Gasteiger partial charge in [-0.1, -0.05) is 0 Å². The number of alkyl halides is 1. The largest absolute Gasteiger partial charge is 0.500 e. The molecule has 0 aliphatic carbocycles. The fourth-order valence-corrected chi connectivity index (χ4v) is 6.20. The van der Waals surface area contributed by atoms with E-state index in [2.05, 4.69) is 0 Å². The van der Waals surface area contributed by atoms with Crippen LogP contribution in [0.4, 0.5) is 0 Å². The minimum Gasteiger partial charge on any atom is -0.397 e. The lowest BCUT2D eigenvalue weighted by Gasteiger charge is -2.23. The van der Waals surface area contributed by atoms with Crippen LogP contribution in [0.5, 0.6) is 0 Å². The highest BCUT2D eigenvalue weighted by Crippen LogP contribution is 2.15. The Morgan fingerprint density at radius 1 is 1.00 bits per heavy atom. The number of hydrogen-bond donors (Lipinski definition) is 0. The Hall–Kier alpha value is 0.444. The summed E-state index contributed by atoms with van der Waals surface area (Å²) in [6.45, 7) is 8.06. The van der Waals surface area contributed by atoms with E-state index in [1.165, 1.54) is 0 Å². The maximum atomic E-state index is 5.59. The van der Waals surface area contributed by atoms with Crippen molar-refractivity contribution in [2.45, 2.75) is 51.3 Å². The quantitative estimate of drug-likeness (QED) is 0.147. The lowest BCUT2D eigenvalue weighted by molar-refractivity contribution is 0.113. The summed E-state index contributed by atoms with van der Waals surface area (Å²) in [5.41, 5.74) is 0. The topological polar surface area (TPSA) is 67.9 Å². The van der Waals surface area contributed by atoms with Crippen molar-refractivity contribution in [1.29, 1.82) is 0 Å². The molecule has 0 saturated carbocycles. The van der Waals surface area contributed by atoms with E-state index in [9.17, 15) is 0 Å². The van der Waals surface area contributed by atoms with Crippen molar-refractivity contribution >= 4 is 29.7 Å². The summed E-state index contributed by atoms with van der Waals surface area (Å²) in [6, 6.07) is 1.87. The third-order valence-corrected chi connectivity index (χ3v) is 9.33. The van der Waals surface area contributed by atoms with Gasteiger partial charge in [0.2, 0.25) is 0 Å². The van der Waals surface area contributed by atoms with Gasteiger partial charge in [0.25, 0.3) is 0 Å². The Labute approximate surface area is 173 Å². The first kappa shape index (κ1) is 27.4. The van der Waals surface area contributed by atoms with Crippen LogP contribution in [0.15, 0.2) is 0 Å². The molecule has 7 nitrogen and oxygen atoms in total. The zero-order chi connectivity index (χ0) is 20.4. The van der Waals surface area contributed by atoms with Gasteiger partial charge in [0.15, 0.2) is 0 Å². The standard InChI is InChI=1S/C11H24O4Si.C6H15ClO3Si/c1-3-14-16(15-4-2)8-6-5-7-12-9-11-10-13-11;1-8-11(9-2,10-3)6-4-5-7/h11,16H,3-10H2,1-2H3;4-6H2,1-3H3. The van der Waals surface area contributed by atoms with Crippen molar-refractivity contribution in [3.8, 4) is 0 Å². The Kier molecular flexibility index (Phi) is 18.8. The molecule has 0 radical (unpaired) electrons. The third kappa shape index (κ3) is 15.0. The van der Waals surface area contributed by atoms with Gasteiger partial charge in [0.05, 0.1) is 13.2 Å². The van der Waals surface area contributed by atoms with Crippen LogP contribution >= 0.6 is 11.6 Å². The van der Waals surface area contributed by atoms with Crippen LogP contribution in [0.2, 0.25) is 12.1 Å². The molecule has 1 aliphatic heterocycles. The van der Waals surface area contributed by atoms with Crippen molar-refractivity contribution in [2.75, 3.05) is 60.2 Å². The highest BCUT2D eigenvalue weighted by molar-refractivity contribution is 6.60. The summed E-state index contributed by atoms with van der Waals surface area (Å²) in [5.74, 6) is 0.616. The van der Waals surface area contributed by atoms with Gasteiger partial charge in [-0.15, -0.1) is 11.6 Å². The lowest BCUT2D eigenvalue weighted by atomic mass is 10.3. The summed E-state index contributed by atoms with van der Waals surface area (Å²) in [5, 5.41) is 0. The van der Waals surface area contributed by atoms with Crippen LogP contribution < -0.4 is 0 Å². The number of unbranched alkanes of at least 4 members (excludes halogenated alkanes) is 1. The SMILES string of the molecule is CCO[SiH](CCCCOCC1CO1)OCC.CO[Si](CCCCl)(OC)OC. The van der Waals surface area contributed by atoms with Crippen LogP contribution in [0, 0.1) is 0 Å². The molecule has 1 fully saturated rings. The summed E-state index contributed by atoms with van der Waals surface area (Å²) in [6.07, 6.45) is 3.48. The van der Waals surface area contributed by atoms with Crippen LogP contribution in [-0.4, -0.2) is 84.4 Å². The molecule has 10 heteroatoms. The molecule has 1 heterocycles. The van der Waals surface area contributed by atoms with E-state index in [-0.39, 0.29) is 0 Å². The number of hydrogen-bond acceptors (Lipinski definition) is 7. The van der Waals surface area contributed by atoms with E-state index in [4.69, 9.17) is 43.2 Å². The molecule has 0 amide bonds. The summed E-state index contributed by atoms with van der Waals surface area (Å²) in [4.78, 5) is 0. The van der Waals surface area contributed by atoms with E-state index in [0.717, 1.165) is 64.4 Å². The molecule has 1 aliphatic rings. The van der Waals surface area contributed by atoms with E-state index >= 15 is 0 Å². The molecule has 0 spiro atoms. The maximum absolute atomic E-state index is 5.59. The normalized spacial score (nSPS) is 16.3. The number of ether oxygens (including phenoxy) is 2. The molecular formula is C17H39ClO7Si2. The fourth-order valence-electron chi connectivity index (χ4n) is 2.32. The molecule has 0 aromatic heterocycles. The zero-order valence-electron chi connectivity index (χ0n) is 17.7. The van der Waals surface area contributed by atoms with Crippen LogP contribution in [0.1, 0.15) is 33.1 Å². The lowest BCUT2D eigenvalue weighted by Crippen LogP contribution is -2.42. The summed E-state index contributed by atoms with van der Waals surface area (Å²) >= 11 is 5.53. The first-order chi connectivity index (χ1) is 13.1. The smallest absolute Gasteiger partial charge is 0.397 e. The second-order valence-corrected chi connectivity index (χ2v) is 11.5. The van der Waals surface area contributed by atoms with E-state index in [1.807, 2.05) is 13.8 Å². The van der Waals surface area contributed by atoms with Crippen LogP contribution in [-0.2, 0) is 31.6 Å². The highest BCUT2D eigenvalue weighted by atomic mass is 35.5. The molecule has 0 N–H and O–H groups in total. The highest BCUT2D eigenvalue weighted by Gasteiger charge is 2.36. The molecule has 27 heavy (non-hydrogen) atoms. The zero-order valence-corrected chi connectivity index (χ0v) is 20.6. The number of rotatable bonds is 17. The molecule has 0 bridgehead atoms. The molecule has 0 aromatic rings. The van der Waals surface area contributed by atoms with E-state index in [1.54, 1.807) is 21.3 Å². The second kappa shape index (κ2) is 18.5. The average molecular weight is 447 g/mol. The van der Waals surface area contributed by atoms with Gasteiger partial charge in [-0.3, -0.25) is 0 Å². The maximum Gasteiger partial charge on any atom is 0.500 e. The number of halogens is 1. The van der Waals surface area contributed by atoms with Crippen molar-refractivity contribution in [3.63, 3.8) is 0 Å². The molecule has 1 atom stereocenters. The van der Waals surface area contributed by atoms with Gasteiger partial charge in [0.1, 0.15) is 6.10 Å². The Morgan fingerprint density at radius 2 is 1.59 bits per heavy atom. The third-order valence-electron chi connectivity index (χ3n) is 3.94. The Bertz CT molecular complexity index is 307. The van der Waals surface area contributed by atoms with Crippen molar-refractivity contribution < 1.29 is 31.6 Å². The van der Waals surface area contributed by atoms with Crippen molar-refractivity contribution in [2.24, 2.45) is 0 Å². The predicted molar refractivity (Wildman–Crippen MR) is 112 cm³/mol. The molecule has 1 unspecified atom stereocenters. The minimum absolute atomic E-state index is 0.383. The molecule has 164 valence electrons. The fraction of sp³-hybridized carbons (Fsp3) is 1.00. The first-order valence-electron chi connectivity index (χ1n) is 9.75. The predicted octanol–water partition coefficient (Wildman–Crippen LogP) is 2.97. The first-order valence-corrected chi connectivity index (χ1v) is 14.0. The summed E-state index contributed by atoms with van der Waals surface area (Å²) < 4.78 is 37.2. The van der Waals surface area contributed by atoms with Gasteiger partial charge in [0, 0.05) is 53.1 Å². The summed E-state index contributed by atoms with van der Waals surface area (Å²) in [7, 11) is 1.12. The van der Waals surface area contributed by atoms with Crippen molar-refractivity contribution in [3.05, 3.63) is 0 Å². The van der Waals surface area contributed by atoms with Crippen LogP contribution in [0.3, 0.4) is 0 Å². The van der Waals surface area contributed by atoms with Gasteiger partial charge in [-0.05, 0) is 39.2 Å². The average Bonchev–Trinajstić information content (AvgIpc) is 3.51. The molecule has 1 saturated heterocycles. The van der Waals surface area contributed by atoms with Crippen molar-refractivity contribution in [1.82, 2.24) is 0 Å². The van der Waals surface area contributed by atoms with Crippen LogP contribution in [0.25, 0.3) is 0 Å². The van der Waals surface area contributed by atoms with Gasteiger partial charge in [-0.2, -0.15) is 0 Å². The monoisotopic (exact) mass is 446 g/mol. The minimum atomic E-state index is -2.32. The van der Waals surface area contributed by atoms with Gasteiger partial charge in [-0.25, -0.2) is 0 Å². The van der Waals surface area contributed by atoms with Gasteiger partial charge >= 0.3 is 18.1 Å².